The number of carbonyl (C=O) groups excluding carboxylic acids is 2. The van der Waals surface area contributed by atoms with E-state index in [1.165, 1.54) is 0 Å². The highest BCUT2D eigenvalue weighted by molar-refractivity contribution is 6.28. The molecule has 0 bridgehead atoms. The molecule has 0 spiro atoms. The normalized spacial score (nSPS) is 14.7. The Kier molecular flexibility index (Phi) is 7.64. The first-order valence-electron chi connectivity index (χ1n) is 12.8. The van der Waals surface area contributed by atoms with Crippen molar-refractivity contribution in [3.63, 3.8) is 0 Å². The Balaban J connectivity index is 1.31. The van der Waals surface area contributed by atoms with Crippen molar-refractivity contribution in [1.29, 1.82) is 0 Å². The molecule has 5 rings (SSSR count). The molecular weight excluding hydrogens is 470 g/mol. The molecular formula is C28H33N5O4. The number of methoxy groups -OCH3 is 1. The summed E-state index contributed by atoms with van der Waals surface area (Å²) in [6.45, 7) is 5.38. The number of hydrogen-bond acceptors (Lipinski definition) is 8. The SMILES string of the molecule is COc1ccc2c(c1)C(=O)c1c-2c(N2CCN(C(=O)CCNCCNCCO)CC2)nc2ccccc12. The lowest BCUT2D eigenvalue weighted by atomic mass is 10.0. The number of fused-ring (bicyclic) bond motifs is 5. The van der Waals surface area contributed by atoms with Gasteiger partial charge in [0.1, 0.15) is 11.6 Å². The zero-order valence-corrected chi connectivity index (χ0v) is 21.1. The van der Waals surface area contributed by atoms with E-state index in [0.717, 1.165) is 40.9 Å². The number of carbonyl (C=O) groups is 2. The first-order valence-corrected chi connectivity index (χ1v) is 12.8. The summed E-state index contributed by atoms with van der Waals surface area (Å²) in [5.41, 5.74) is 3.89. The molecule has 1 fully saturated rings. The molecule has 1 saturated heterocycles. The maximum Gasteiger partial charge on any atom is 0.223 e. The van der Waals surface area contributed by atoms with Gasteiger partial charge in [-0.15, -0.1) is 0 Å². The zero-order chi connectivity index (χ0) is 25.8. The van der Waals surface area contributed by atoms with Gasteiger partial charge in [0, 0.05) is 80.9 Å². The van der Waals surface area contributed by atoms with E-state index in [1.54, 1.807) is 7.11 Å². The van der Waals surface area contributed by atoms with Crippen LogP contribution in [0, 0.1) is 0 Å². The van der Waals surface area contributed by atoms with Crippen LogP contribution in [0.15, 0.2) is 42.5 Å². The molecule has 0 radical (unpaired) electrons. The van der Waals surface area contributed by atoms with Crippen LogP contribution in [0.2, 0.25) is 0 Å². The maximum atomic E-state index is 13.6. The Morgan fingerprint density at radius 1 is 0.973 bits per heavy atom. The molecule has 1 aliphatic heterocycles. The van der Waals surface area contributed by atoms with Gasteiger partial charge in [0.15, 0.2) is 5.78 Å². The zero-order valence-electron chi connectivity index (χ0n) is 21.1. The molecule has 2 aromatic carbocycles. The highest BCUT2D eigenvalue weighted by atomic mass is 16.5. The number of amides is 1. The van der Waals surface area contributed by atoms with Gasteiger partial charge in [-0.2, -0.15) is 0 Å². The van der Waals surface area contributed by atoms with Gasteiger partial charge in [-0.05, 0) is 29.8 Å². The summed E-state index contributed by atoms with van der Waals surface area (Å²) in [6, 6.07) is 13.4. The summed E-state index contributed by atoms with van der Waals surface area (Å²) >= 11 is 0. The molecule has 0 atom stereocenters. The summed E-state index contributed by atoms with van der Waals surface area (Å²) < 4.78 is 5.38. The molecule has 37 heavy (non-hydrogen) atoms. The fraction of sp³-hybridized carbons (Fsp3) is 0.393. The van der Waals surface area contributed by atoms with E-state index < -0.39 is 0 Å². The molecule has 1 aromatic heterocycles. The van der Waals surface area contributed by atoms with Crippen molar-refractivity contribution in [3.05, 3.63) is 53.6 Å². The van der Waals surface area contributed by atoms with E-state index >= 15 is 0 Å². The van der Waals surface area contributed by atoms with Gasteiger partial charge in [0.2, 0.25) is 5.91 Å². The first kappa shape index (κ1) is 25.1. The molecule has 3 aromatic rings. The predicted molar refractivity (Wildman–Crippen MR) is 143 cm³/mol. The van der Waals surface area contributed by atoms with Crippen LogP contribution in [0.25, 0.3) is 22.0 Å². The van der Waals surface area contributed by atoms with Crippen molar-refractivity contribution in [2.75, 3.05) is 71.0 Å². The van der Waals surface area contributed by atoms with Gasteiger partial charge in [-0.25, -0.2) is 4.98 Å². The summed E-state index contributed by atoms with van der Waals surface area (Å²) in [5.74, 6) is 1.59. The van der Waals surface area contributed by atoms with Gasteiger partial charge in [-0.1, -0.05) is 18.2 Å². The average molecular weight is 504 g/mol. The van der Waals surface area contributed by atoms with E-state index in [9.17, 15) is 9.59 Å². The topological polar surface area (TPSA) is 107 Å². The summed E-state index contributed by atoms with van der Waals surface area (Å²) in [5, 5.41) is 16.0. The van der Waals surface area contributed by atoms with Crippen LogP contribution < -0.4 is 20.3 Å². The van der Waals surface area contributed by atoms with E-state index in [1.807, 2.05) is 47.4 Å². The number of piperazine rings is 1. The predicted octanol–water partition coefficient (Wildman–Crippen LogP) is 1.67. The number of aliphatic hydroxyl groups is 1. The number of rotatable bonds is 10. The molecule has 2 aliphatic rings. The third-order valence-electron chi connectivity index (χ3n) is 7.06. The number of anilines is 1. The number of pyridine rings is 1. The largest absolute Gasteiger partial charge is 0.497 e. The van der Waals surface area contributed by atoms with Crippen molar-refractivity contribution < 1.29 is 19.4 Å². The third-order valence-corrected chi connectivity index (χ3v) is 7.06. The van der Waals surface area contributed by atoms with Gasteiger partial charge >= 0.3 is 0 Å². The number of nitrogens with one attached hydrogen (secondary N) is 2. The van der Waals surface area contributed by atoms with Crippen molar-refractivity contribution in [2.45, 2.75) is 6.42 Å². The Morgan fingerprint density at radius 3 is 2.49 bits per heavy atom. The number of aromatic nitrogens is 1. The Labute approximate surface area is 216 Å². The second-order valence-corrected chi connectivity index (χ2v) is 9.28. The number of aliphatic hydroxyl groups excluding tert-OH is 1. The Bertz CT molecular complexity index is 1300. The number of benzene rings is 2. The van der Waals surface area contributed by atoms with Crippen molar-refractivity contribution in [1.82, 2.24) is 20.5 Å². The molecule has 0 unspecified atom stereocenters. The van der Waals surface area contributed by atoms with E-state index in [-0.39, 0.29) is 18.3 Å². The number of ether oxygens (including phenoxy) is 1. The standard InChI is InChI=1S/C28H33N5O4/c1-37-19-6-7-20-22(18-19)27(36)25-21-4-2-3-5-23(21)31-28(26(20)25)33-15-13-32(14-16-33)24(35)8-9-29-10-11-30-12-17-34/h2-7,18,29-30,34H,8-17H2,1H3. The van der Waals surface area contributed by atoms with Crippen LogP contribution in [-0.2, 0) is 4.79 Å². The number of ketones is 1. The quantitative estimate of drug-likeness (QED) is 0.281. The summed E-state index contributed by atoms with van der Waals surface area (Å²) in [6.07, 6.45) is 0.452. The number of nitrogens with zero attached hydrogens (tertiary/aromatic N) is 3. The third kappa shape index (κ3) is 5.02. The molecule has 9 nitrogen and oxygen atoms in total. The smallest absolute Gasteiger partial charge is 0.223 e. The minimum absolute atomic E-state index is 0.00313. The van der Waals surface area contributed by atoms with E-state index in [4.69, 9.17) is 14.8 Å². The summed E-state index contributed by atoms with van der Waals surface area (Å²) in [4.78, 5) is 35.4. The van der Waals surface area contributed by atoms with Crippen molar-refractivity contribution in [2.24, 2.45) is 0 Å². The number of para-hydroxylation sites is 1. The van der Waals surface area contributed by atoms with Crippen molar-refractivity contribution >= 4 is 28.4 Å². The fourth-order valence-corrected chi connectivity index (χ4v) is 5.14. The Morgan fingerprint density at radius 2 is 1.73 bits per heavy atom. The van der Waals surface area contributed by atoms with Crippen molar-refractivity contribution in [3.8, 4) is 16.9 Å². The van der Waals surface area contributed by atoms with Crippen LogP contribution in [0.1, 0.15) is 22.3 Å². The van der Waals surface area contributed by atoms with E-state index in [2.05, 4.69) is 15.5 Å². The van der Waals surface area contributed by atoms with Gasteiger partial charge in [-0.3, -0.25) is 9.59 Å². The molecule has 2 heterocycles. The second kappa shape index (κ2) is 11.2. The van der Waals surface area contributed by atoms with Crippen LogP contribution in [0.5, 0.6) is 5.75 Å². The Hall–Kier alpha value is -3.53. The molecule has 194 valence electrons. The number of hydrogen-bond donors (Lipinski definition) is 3. The lowest BCUT2D eigenvalue weighted by Gasteiger charge is -2.36. The minimum atomic E-state index is -0.00313. The highest BCUT2D eigenvalue weighted by Crippen LogP contribution is 2.46. The van der Waals surface area contributed by atoms with Crippen LogP contribution in [0.3, 0.4) is 0 Å². The molecule has 1 aliphatic carbocycles. The monoisotopic (exact) mass is 503 g/mol. The minimum Gasteiger partial charge on any atom is -0.497 e. The van der Waals surface area contributed by atoms with E-state index in [0.29, 0.717) is 62.6 Å². The van der Waals surface area contributed by atoms with Crippen LogP contribution >= 0.6 is 0 Å². The maximum absolute atomic E-state index is 13.6. The highest BCUT2D eigenvalue weighted by Gasteiger charge is 2.35. The first-order chi connectivity index (χ1) is 18.1. The molecule has 1 amide bonds. The lowest BCUT2D eigenvalue weighted by Crippen LogP contribution is -2.49. The molecule has 9 heteroatoms. The van der Waals surface area contributed by atoms with Gasteiger partial charge in [0.05, 0.1) is 19.2 Å². The van der Waals surface area contributed by atoms with Gasteiger partial charge < -0.3 is 30.3 Å². The van der Waals surface area contributed by atoms with Gasteiger partial charge in [0.25, 0.3) is 0 Å². The lowest BCUT2D eigenvalue weighted by molar-refractivity contribution is -0.131. The second-order valence-electron chi connectivity index (χ2n) is 9.28. The fourth-order valence-electron chi connectivity index (χ4n) is 5.14. The van der Waals surface area contributed by atoms with Crippen LogP contribution in [0.4, 0.5) is 5.82 Å². The molecule has 0 saturated carbocycles. The average Bonchev–Trinajstić information content (AvgIpc) is 3.24. The summed E-state index contributed by atoms with van der Waals surface area (Å²) in [7, 11) is 1.60. The van der Waals surface area contributed by atoms with Crippen LogP contribution in [-0.4, -0.2) is 92.8 Å². The molecule has 3 N–H and O–H groups in total.